The topological polar surface area (TPSA) is 46.5 Å². The van der Waals surface area contributed by atoms with Crippen molar-refractivity contribution in [2.24, 2.45) is 0 Å². The van der Waals surface area contributed by atoms with Crippen LogP contribution in [0.3, 0.4) is 0 Å². The molecule has 4 nitrogen and oxygen atoms in total. The zero-order valence-electron chi connectivity index (χ0n) is 16.9. The van der Waals surface area contributed by atoms with Crippen LogP contribution in [0.4, 0.5) is 0 Å². The number of quaternary nitrogens is 1. The lowest BCUT2D eigenvalue weighted by Gasteiger charge is -2.47. The maximum atomic E-state index is 13.4. The van der Waals surface area contributed by atoms with E-state index >= 15 is 0 Å². The van der Waals surface area contributed by atoms with Crippen LogP contribution in [0, 0.1) is 0 Å². The predicted molar refractivity (Wildman–Crippen MR) is 111 cm³/mol. The molecule has 0 unspecified atom stereocenters. The minimum atomic E-state index is -1.78. The number of esters is 1. The van der Waals surface area contributed by atoms with Crippen molar-refractivity contribution in [1.82, 2.24) is 0 Å². The predicted octanol–water partition coefficient (Wildman–Crippen LogP) is 3.77. The molecule has 3 saturated heterocycles. The van der Waals surface area contributed by atoms with Gasteiger partial charge in [-0.3, -0.25) is 0 Å². The third-order valence-electron chi connectivity index (χ3n) is 7.71. The molecule has 3 fully saturated rings. The van der Waals surface area contributed by atoms with E-state index in [1.807, 2.05) is 36.4 Å². The van der Waals surface area contributed by atoms with E-state index in [1.54, 1.807) is 24.3 Å². The van der Waals surface area contributed by atoms with Gasteiger partial charge < -0.3 is 14.3 Å². The van der Waals surface area contributed by atoms with Gasteiger partial charge in [0, 0.05) is 38.5 Å². The highest BCUT2D eigenvalue weighted by atomic mass is 16.6. The Kier molecular flexibility index (Phi) is 4.72. The monoisotopic (exact) mass is 392 g/mol. The first-order valence-electron chi connectivity index (χ1n) is 11.0. The van der Waals surface area contributed by atoms with Gasteiger partial charge in [0.15, 0.2) is 0 Å². The molecule has 3 aliphatic heterocycles. The summed E-state index contributed by atoms with van der Waals surface area (Å²) in [5.41, 5.74) is -0.671. The van der Waals surface area contributed by atoms with Crippen molar-refractivity contribution < 1.29 is 19.1 Å². The number of carbonyl (C=O) groups is 1. The second kappa shape index (κ2) is 7.26. The van der Waals surface area contributed by atoms with E-state index in [9.17, 15) is 9.90 Å². The first-order chi connectivity index (χ1) is 14.1. The second-order valence-corrected chi connectivity index (χ2v) is 9.08. The van der Waals surface area contributed by atoms with Crippen LogP contribution in [0.15, 0.2) is 60.7 Å². The molecule has 3 heterocycles. The third-order valence-corrected chi connectivity index (χ3v) is 7.71. The fourth-order valence-electron chi connectivity index (χ4n) is 6.30. The lowest BCUT2D eigenvalue weighted by atomic mass is 9.86. The summed E-state index contributed by atoms with van der Waals surface area (Å²) in [7, 11) is 0. The van der Waals surface area contributed by atoms with Gasteiger partial charge in [-0.1, -0.05) is 60.7 Å². The van der Waals surface area contributed by atoms with Gasteiger partial charge in [-0.25, -0.2) is 4.79 Å². The molecular weight excluding hydrogens is 362 g/mol. The molecule has 0 aromatic heterocycles. The molecule has 2 bridgehead atoms. The van der Waals surface area contributed by atoms with E-state index in [2.05, 4.69) is 0 Å². The Morgan fingerprint density at radius 2 is 1.34 bits per heavy atom. The van der Waals surface area contributed by atoms with Crippen molar-refractivity contribution >= 4 is 5.97 Å². The molecule has 1 N–H and O–H groups in total. The third kappa shape index (κ3) is 3.01. The average Bonchev–Trinajstić information content (AvgIpc) is 3.31. The Bertz CT molecular complexity index is 805. The summed E-state index contributed by atoms with van der Waals surface area (Å²) in [6.45, 7) is 2.60. The van der Waals surface area contributed by atoms with Crippen LogP contribution in [0.2, 0.25) is 0 Å². The van der Waals surface area contributed by atoms with Crippen molar-refractivity contribution in [3.05, 3.63) is 71.8 Å². The number of piperidine rings is 1. The molecule has 3 aliphatic rings. The summed E-state index contributed by atoms with van der Waals surface area (Å²) in [6, 6.07) is 19.6. The molecular formula is C25H30NO3+. The molecule has 152 valence electrons. The standard InChI is InChI=1S/C25H30NO3/c27-24(25(28,19-9-3-1-4-10-19)20-11-5-2-6-12-20)29-23-17-21-13-14-22(18-23)26(21)15-7-8-16-26/h1-6,9-12,21-23,28H,7-8,13-18H2/q+1/t21-,22-/m0/s1. The maximum Gasteiger partial charge on any atom is 0.347 e. The molecule has 2 atom stereocenters. The normalized spacial score (nSPS) is 27.8. The van der Waals surface area contributed by atoms with Crippen LogP contribution in [-0.2, 0) is 15.1 Å². The van der Waals surface area contributed by atoms with Crippen molar-refractivity contribution in [2.45, 2.75) is 62.3 Å². The zero-order valence-corrected chi connectivity index (χ0v) is 16.9. The van der Waals surface area contributed by atoms with E-state index in [1.165, 1.54) is 43.3 Å². The fourth-order valence-corrected chi connectivity index (χ4v) is 6.30. The summed E-state index contributed by atoms with van der Waals surface area (Å²) in [5.74, 6) is -0.547. The molecule has 4 heteroatoms. The van der Waals surface area contributed by atoms with Gasteiger partial charge in [0.05, 0.1) is 25.2 Å². The van der Waals surface area contributed by atoms with Crippen LogP contribution >= 0.6 is 0 Å². The van der Waals surface area contributed by atoms with E-state index in [0.29, 0.717) is 23.2 Å². The van der Waals surface area contributed by atoms with Crippen molar-refractivity contribution in [1.29, 1.82) is 0 Å². The van der Waals surface area contributed by atoms with Crippen LogP contribution in [-0.4, -0.2) is 46.8 Å². The summed E-state index contributed by atoms with van der Waals surface area (Å²) in [6.07, 6.45) is 6.94. The van der Waals surface area contributed by atoms with Crippen molar-refractivity contribution in [3.8, 4) is 0 Å². The molecule has 5 rings (SSSR count). The van der Waals surface area contributed by atoms with E-state index in [0.717, 1.165) is 12.8 Å². The Hall–Kier alpha value is -2.17. The van der Waals surface area contributed by atoms with Crippen LogP contribution in [0.5, 0.6) is 0 Å². The number of ether oxygens (including phenoxy) is 1. The quantitative estimate of drug-likeness (QED) is 0.636. The number of rotatable bonds is 4. The Morgan fingerprint density at radius 1 is 0.862 bits per heavy atom. The molecule has 2 aromatic rings. The number of nitrogens with zero attached hydrogens (tertiary/aromatic N) is 1. The Morgan fingerprint density at radius 3 is 1.83 bits per heavy atom. The minimum absolute atomic E-state index is 0.0942. The largest absolute Gasteiger partial charge is 0.459 e. The van der Waals surface area contributed by atoms with Gasteiger partial charge >= 0.3 is 5.97 Å². The van der Waals surface area contributed by atoms with Crippen molar-refractivity contribution in [2.75, 3.05) is 13.1 Å². The summed E-state index contributed by atoms with van der Waals surface area (Å²) in [5, 5.41) is 11.6. The van der Waals surface area contributed by atoms with Gasteiger partial charge in [-0.15, -0.1) is 0 Å². The number of benzene rings is 2. The molecule has 0 amide bonds. The van der Waals surface area contributed by atoms with E-state index < -0.39 is 11.6 Å². The molecule has 0 aliphatic carbocycles. The number of hydrogen-bond acceptors (Lipinski definition) is 3. The summed E-state index contributed by atoms with van der Waals surface area (Å²) in [4.78, 5) is 13.4. The Labute approximate surface area is 172 Å². The van der Waals surface area contributed by atoms with Gasteiger partial charge in [-0.05, 0) is 11.1 Å². The second-order valence-electron chi connectivity index (χ2n) is 9.08. The molecule has 0 radical (unpaired) electrons. The van der Waals surface area contributed by atoms with Crippen LogP contribution < -0.4 is 0 Å². The maximum absolute atomic E-state index is 13.4. The first-order valence-corrected chi connectivity index (χ1v) is 11.0. The van der Waals surface area contributed by atoms with Gasteiger partial charge in [0.2, 0.25) is 5.60 Å². The zero-order chi connectivity index (χ0) is 19.9. The smallest absolute Gasteiger partial charge is 0.347 e. The van der Waals surface area contributed by atoms with Gasteiger partial charge in [-0.2, -0.15) is 0 Å². The minimum Gasteiger partial charge on any atom is -0.459 e. The molecule has 1 spiro atoms. The number of hydrogen-bond donors (Lipinski definition) is 1. The highest BCUT2D eigenvalue weighted by molar-refractivity contribution is 5.85. The lowest BCUT2D eigenvalue weighted by molar-refractivity contribution is -0.956. The van der Waals surface area contributed by atoms with Gasteiger partial charge in [0.25, 0.3) is 0 Å². The fraction of sp³-hybridized carbons (Fsp3) is 0.480. The Balaban J connectivity index is 1.40. The molecule has 29 heavy (non-hydrogen) atoms. The molecule has 2 aromatic carbocycles. The van der Waals surface area contributed by atoms with Crippen molar-refractivity contribution in [3.63, 3.8) is 0 Å². The molecule has 0 saturated carbocycles. The van der Waals surface area contributed by atoms with Gasteiger partial charge in [0.1, 0.15) is 6.10 Å². The van der Waals surface area contributed by atoms with E-state index in [4.69, 9.17) is 4.74 Å². The van der Waals surface area contributed by atoms with E-state index in [-0.39, 0.29) is 6.10 Å². The SMILES string of the molecule is O=C(OC1C[C@@H]2CC[C@@H](C1)[N+]21CCCC1)C(O)(c1ccccc1)c1ccccc1. The summed E-state index contributed by atoms with van der Waals surface area (Å²) < 4.78 is 7.32. The number of aliphatic hydroxyl groups is 1. The highest BCUT2D eigenvalue weighted by Gasteiger charge is 2.56. The number of carbonyl (C=O) groups excluding carboxylic acids is 1. The highest BCUT2D eigenvalue weighted by Crippen LogP contribution is 2.46. The average molecular weight is 393 g/mol. The lowest BCUT2D eigenvalue weighted by Crippen LogP contribution is -2.60. The first kappa shape index (κ1) is 18.8. The van der Waals surface area contributed by atoms with Crippen LogP contribution in [0.25, 0.3) is 0 Å². The van der Waals surface area contributed by atoms with Crippen LogP contribution in [0.1, 0.15) is 49.7 Å². The summed E-state index contributed by atoms with van der Waals surface area (Å²) >= 11 is 0.